The van der Waals surface area contributed by atoms with Crippen LogP contribution in [0.4, 0.5) is 17.2 Å². The molecule has 0 atom stereocenters. The second kappa shape index (κ2) is 8.11. The average molecular weight is 387 g/mol. The van der Waals surface area contributed by atoms with Crippen molar-refractivity contribution in [3.63, 3.8) is 0 Å². The Labute approximate surface area is 170 Å². The van der Waals surface area contributed by atoms with Gasteiger partial charge in [-0.2, -0.15) is 5.26 Å². The van der Waals surface area contributed by atoms with Gasteiger partial charge in [0, 0.05) is 24.1 Å². The van der Waals surface area contributed by atoms with Gasteiger partial charge in [0.1, 0.15) is 6.07 Å². The molecule has 4 rings (SSSR count). The quantitative estimate of drug-likeness (QED) is 0.527. The number of rotatable bonds is 6. The predicted octanol–water partition coefficient (Wildman–Crippen LogP) is 3.69. The van der Waals surface area contributed by atoms with Crippen LogP contribution in [0.15, 0.2) is 48.7 Å². The van der Waals surface area contributed by atoms with Crippen molar-refractivity contribution in [3.8, 4) is 17.6 Å². The summed E-state index contributed by atoms with van der Waals surface area (Å²) in [6, 6.07) is 16.4. The molecule has 0 saturated heterocycles. The third-order valence-corrected chi connectivity index (χ3v) is 5.14. The summed E-state index contributed by atoms with van der Waals surface area (Å²) in [6.07, 6.45) is 3.56. The minimum absolute atomic E-state index is 0.601. The molecule has 6 heteroatoms. The smallest absolute Gasteiger partial charge is 0.292 e. The fourth-order valence-corrected chi connectivity index (χ4v) is 3.63. The number of para-hydroxylation sites is 1. The average Bonchev–Trinajstić information content (AvgIpc) is 2.77. The van der Waals surface area contributed by atoms with Crippen molar-refractivity contribution in [2.24, 2.45) is 0 Å². The molecule has 0 unspecified atom stereocenters. The van der Waals surface area contributed by atoms with E-state index in [1.807, 2.05) is 42.6 Å². The zero-order valence-electron chi connectivity index (χ0n) is 16.5. The van der Waals surface area contributed by atoms with Crippen molar-refractivity contribution in [3.05, 3.63) is 70.9 Å². The van der Waals surface area contributed by atoms with Gasteiger partial charge in [0.05, 0.1) is 32.6 Å². The fraction of sp³-hybridized carbons (Fsp3) is 0.217. The van der Waals surface area contributed by atoms with E-state index in [1.165, 1.54) is 5.56 Å². The first kappa shape index (κ1) is 18.6. The highest BCUT2D eigenvalue weighted by Gasteiger charge is 2.23. The molecule has 1 aliphatic rings. The van der Waals surface area contributed by atoms with E-state index >= 15 is 0 Å². The molecule has 1 aliphatic heterocycles. The summed E-state index contributed by atoms with van der Waals surface area (Å²) in [5.74, 6) is 2.15. The van der Waals surface area contributed by atoms with Gasteiger partial charge in [0.2, 0.25) is 0 Å². The van der Waals surface area contributed by atoms with E-state index in [4.69, 9.17) is 9.47 Å². The van der Waals surface area contributed by atoms with Gasteiger partial charge in [-0.3, -0.25) is 5.32 Å². The molecule has 0 radical (unpaired) electrons. The van der Waals surface area contributed by atoms with E-state index in [0.29, 0.717) is 23.6 Å². The number of aromatic amines is 1. The molecule has 2 heterocycles. The molecular weight excluding hydrogens is 364 g/mol. The number of benzene rings is 2. The summed E-state index contributed by atoms with van der Waals surface area (Å²) in [4.78, 5) is 3.26. The van der Waals surface area contributed by atoms with Crippen LogP contribution < -0.4 is 25.1 Å². The van der Waals surface area contributed by atoms with E-state index in [1.54, 1.807) is 14.2 Å². The summed E-state index contributed by atoms with van der Waals surface area (Å²) in [7, 11) is 3.26. The number of pyridine rings is 1. The van der Waals surface area contributed by atoms with Crippen molar-refractivity contribution in [1.82, 2.24) is 0 Å². The highest BCUT2D eigenvalue weighted by Crippen LogP contribution is 2.35. The Morgan fingerprint density at radius 3 is 2.72 bits per heavy atom. The summed E-state index contributed by atoms with van der Waals surface area (Å²) < 4.78 is 10.7. The molecule has 0 fully saturated rings. The van der Waals surface area contributed by atoms with Crippen LogP contribution in [0.3, 0.4) is 0 Å². The standard InChI is InChI=1S/C23H22N4O2/c1-28-20-8-7-15(11-21(20)29-2)9-10-25-23-18(13-24)22-17(14-26-23)12-16-5-3-4-6-19(16)27-22/h3-8,11,14,27H,9-10,12H2,1-2H3,(H,25,26)/p+1. The second-order valence-corrected chi connectivity index (χ2v) is 6.88. The highest BCUT2D eigenvalue weighted by molar-refractivity contribution is 5.78. The van der Waals surface area contributed by atoms with Crippen molar-refractivity contribution < 1.29 is 14.5 Å². The van der Waals surface area contributed by atoms with Crippen molar-refractivity contribution in [2.45, 2.75) is 12.8 Å². The molecule has 0 amide bonds. The highest BCUT2D eigenvalue weighted by atomic mass is 16.5. The Morgan fingerprint density at radius 2 is 1.93 bits per heavy atom. The first-order valence-electron chi connectivity index (χ1n) is 9.51. The third-order valence-electron chi connectivity index (χ3n) is 5.14. The topological polar surface area (TPSA) is 80.5 Å². The van der Waals surface area contributed by atoms with E-state index in [9.17, 15) is 5.26 Å². The van der Waals surface area contributed by atoms with Crippen LogP contribution in [0.1, 0.15) is 22.3 Å². The van der Waals surface area contributed by atoms with Gasteiger partial charge >= 0.3 is 0 Å². The molecular formula is C23H23N4O2+. The minimum atomic E-state index is 0.601. The zero-order chi connectivity index (χ0) is 20.2. The maximum absolute atomic E-state index is 9.78. The molecule has 3 aromatic rings. The lowest BCUT2D eigenvalue weighted by atomic mass is 9.96. The Hall–Kier alpha value is -3.72. The number of fused-ring (bicyclic) bond motifs is 2. The Kier molecular flexibility index (Phi) is 5.21. The van der Waals surface area contributed by atoms with Crippen molar-refractivity contribution in [2.75, 3.05) is 31.4 Å². The number of aromatic nitrogens is 1. The van der Waals surface area contributed by atoms with Crippen molar-refractivity contribution in [1.29, 1.82) is 5.26 Å². The number of hydrogen-bond acceptors (Lipinski definition) is 5. The lowest BCUT2D eigenvalue weighted by Gasteiger charge is -2.21. The maximum Gasteiger partial charge on any atom is 0.292 e. The number of nitrogens with one attached hydrogen (secondary N) is 3. The van der Waals surface area contributed by atoms with Crippen molar-refractivity contribution >= 4 is 17.2 Å². The van der Waals surface area contributed by atoms with Crippen LogP contribution in [-0.4, -0.2) is 20.8 Å². The number of methoxy groups -OCH3 is 2. The molecule has 0 bridgehead atoms. The predicted molar refractivity (Wildman–Crippen MR) is 112 cm³/mol. The van der Waals surface area contributed by atoms with E-state index in [2.05, 4.69) is 27.8 Å². The third kappa shape index (κ3) is 3.67. The van der Waals surface area contributed by atoms with Gasteiger partial charge in [-0.05, 0) is 29.3 Å². The lowest BCUT2D eigenvalue weighted by molar-refractivity contribution is -0.361. The van der Waals surface area contributed by atoms with Gasteiger partial charge < -0.3 is 14.8 Å². The summed E-state index contributed by atoms with van der Waals surface area (Å²) >= 11 is 0. The van der Waals surface area contributed by atoms with Crippen LogP contribution in [0.25, 0.3) is 0 Å². The molecule has 146 valence electrons. The first-order valence-corrected chi connectivity index (χ1v) is 9.51. The Bertz CT molecular complexity index is 1090. The minimum Gasteiger partial charge on any atom is -0.493 e. The van der Waals surface area contributed by atoms with Crippen LogP contribution in [0.5, 0.6) is 11.5 Å². The van der Waals surface area contributed by atoms with Gasteiger partial charge in [-0.15, -0.1) is 0 Å². The second-order valence-electron chi connectivity index (χ2n) is 6.88. The van der Waals surface area contributed by atoms with E-state index < -0.39 is 0 Å². The van der Waals surface area contributed by atoms with Gasteiger partial charge in [-0.1, -0.05) is 24.3 Å². The molecule has 0 aliphatic carbocycles. The molecule has 29 heavy (non-hydrogen) atoms. The van der Waals surface area contributed by atoms with E-state index in [0.717, 1.165) is 41.2 Å². The SMILES string of the molecule is COc1ccc(CCNc2[nH+]cc3c(c2C#N)Nc2ccccc2C3)cc1OC. The molecule has 0 saturated carbocycles. The summed E-state index contributed by atoms with van der Waals surface area (Å²) in [5.41, 5.74) is 5.97. The monoisotopic (exact) mass is 387 g/mol. The van der Waals surface area contributed by atoms with Crippen LogP contribution >= 0.6 is 0 Å². The maximum atomic E-state index is 9.78. The molecule has 0 spiro atoms. The van der Waals surface area contributed by atoms with Gasteiger partial charge in [0.25, 0.3) is 5.82 Å². The number of hydrogen-bond donors (Lipinski definition) is 2. The lowest BCUT2D eigenvalue weighted by Crippen LogP contribution is -2.21. The normalized spacial score (nSPS) is 11.5. The Balaban J connectivity index is 1.50. The Morgan fingerprint density at radius 1 is 1.10 bits per heavy atom. The number of nitriles is 1. The molecule has 3 N–H and O–H groups in total. The first-order chi connectivity index (χ1) is 14.2. The van der Waals surface area contributed by atoms with Crippen LogP contribution in [-0.2, 0) is 12.8 Å². The van der Waals surface area contributed by atoms with Gasteiger partial charge in [-0.25, -0.2) is 4.98 Å². The number of H-pyrrole nitrogens is 1. The molecule has 6 nitrogen and oxygen atoms in total. The largest absolute Gasteiger partial charge is 0.493 e. The summed E-state index contributed by atoms with van der Waals surface area (Å²) in [5, 5.41) is 16.6. The van der Waals surface area contributed by atoms with Crippen LogP contribution in [0.2, 0.25) is 0 Å². The fourth-order valence-electron chi connectivity index (χ4n) is 3.63. The summed E-state index contributed by atoms with van der Waals surface area (Å²) in [6.45, 7) is 0.677. The molecule has 1 aromatic heterocycles. The van der Waals surface area contributed by atoms with E-state index in [-0.39, 0.29) is 0 Å². The number of anilines is 3. The van der Waals surface area contributed by atoms with Gasteiger partial charge in [0.15, 0.2) is 17.1 Å². The molecule has 2 aromatic carbocycles. The van der Waals surface area contributed by atoms with Crippen LogP contribution in [0, 0.1) is 11.3 Å². The number of ether oxygens (including phenoxy) is 2. The number of nitrogens with zero attached hydrogens (tertiary/aromatic N) is 1. The zero-order valence-corrected chi connectivity index (χ0v) is 16.5.